The van der Waals surface area contributed by atoms with Gasteiger partial charge in [0.05, 0.1) is 16.1 Å². The molecule has 4 aromatic rings. The maximum absolute atomic E-state index is 11.7. The second-order valence-electron chi connectivity index (χ2n) is 5.81. The lowest BCUT2D eigenvalue weighted by Crippen LogP contribution is -2.05. The van der Waals surface area contributed by atoms with Crippen LogP contribution in [0.15, 0.2) is 67.1 Å². The van der Waals surface area contributed by atoms with Gasteiger partial charge in [0.1, 0.15) is 6.33 Å². The summed E-state index contributed by atoms with van der Waals surface area (Å²) in [7, 11) is 0. The molecule has 0 unspecified atom stereocenters. The van der Waals surface area contributed by atoms with E-state index in [1.165, 1.54) is 6.33 Å². The lowest BCUT2D eigenvalue weighted by molar-refractivity contribution is -0.383. The second kappa shape index (κ2) is 7.45. The van der Waals surface area contributed by atoms with Crippen molar-refractivity contribution in [2.45, 2.75) is 0 Å². The number of aromatic nitrogens is 3. The van der Waals surface area contributed by atoms with Crippen LogP contribution in [0.3, 0.4) is 0 Å². The zero-order chi connectivity index (χ0) is 19.5. The minimum Gasteiger partial charge on any atom is -0.334 e. The van der Waals surface area contributed by atoms with Crippen molar-refractivity contribution >= 4 is 51.2 Å². The Labute approximate surface area is 164 Å². The van der Waals surface area contributed by atoms with E-state index in [-0.39, 0.29) is 17.3 Å². The molecule has 2 aromatic heterocycles. The average molecular weight is 393 g/mol. The summed E-state index contributed by atoms with van der Waals surface area (Å²) in [6.45, 7) is 0. The first-order valence-electron chi connectivity index (χ1n) is 8.24. The first-order valence-corrected chi connectivity index (χ1v) is 8.62. The van der Waals surface area contributed by atoms with E-state index in [2.05, 4.69) is 25.6 Å². The van der Waals surface area contributed by atoms with E-state index in [9.17, 15) is 10.1 Å². The molecule has 0 amide bonds. The Hall–Kier alpha value is -3.78. The highest BCUT2D eigenvalue weighted by atomic mass is 35.5. The van der Waals surface area contributed by atoms with Crippen LogP contribution in [0.5, 0.6) is 0 Å². The van der Waals surface area contributed by atoms with Crippen molar-refractivity contribution in [2.24, 2.45) is 0 Å². The number of para-hydroxylation sites is 1. The van der Waals surface area contributed by atoms with E-state index in [4.69, 9.17) is 11.6 Å². The lowest BCUT2D eigenvalue weighted by Gasteiger charge is -2.11. The van der Waals surface area contributed by atoms with Gasteiger partial charge in [-0.2, -0.15) is 0 Å². The summed E-state index contributed by atoms with van der Waals surface area (Å²) in [4.78, 5) is 23.7. The summed E-state index contributed by atoms with van der Waals surface area (Å²) >= 11 is 5.88. The van der Waals surface area contributed by atoms with E-state index >= 15 is 0 Å². The van der Waals surface area contributed by atoms with Crippen molar-refractivity contribution < 1.29 is 4.92 Å². The molecule has 0 saturated heterocycles. The number of fused-ring (bicyclic) bond motifs is 1. The van der Waals surface area contributed by atoms with Gasteiger partial charge in [-0.25, -0.2) is 9.97 Å². The molecule has 0 saturated carbocycles. The summed E-state index contributed by atoms with van der Waals surface area (Å²) in [6, 6.07) is 16.0. The monoisotopic (exact) mass is 392 g/mol. The minimum absolute atomic E-state index is 0.0645. The molecule has 28 heavy (non-hydrogen) atoms. The largest absolute Gasteiger partial charge is 0.353 e. The molecular weight excluding hydrogens is 380 g/mol. The molecule has 0 atom stereocenters. The number of nitro groups is 1. The fourth-order valence-corrected chi connectivity index (χ4v) is 2.86. The fourth-order valence-electron chi connectivity index (χ4n) is 2.74. The standard InChI is InChI=1S/C19H13ClN6O2/c20-13-6-8-14(9-7-13)24-18-17(26(27)28)19(23-11-22-18)25-15-5-1-3-12-4-2-10-21-16(12)15/h1-11H,(H2,22,23,24,25). The number of nitrogens with zero attached hydrogens (tertiary/aromatic N) is 4. The zero-order valence-corrected chi connectivity index (χ0v) is 15.1. The number of anilines is 4. The number of nitrogens with one attached hydrogen (secondary N) is 2. The molecule has 0 fully saturated rings. The third-order valence-corrected chi connectivity index (χ3v) is 4.25. The molecule has 0 radical (unpaired) electrons. The van der Waals surface area contributed by atoms with Gasteiger partial charge in [-0.05, 0) is 36.4 Å². The van der Waals surface area contributed by atoms with E-state index in [1.54, 1.807) is 36.5 Å². The predicted octanol–water partition coefficient (Wildman–Crippen LogP) is 5.07. The van der Waals surface area contributed by atoms with Gasteiger partial charge in [0.15, 0.2) is 0 Å². The third kappa shape index (κ3) is 3.53. The maximum atomic E-state index is 11.7. The molecule has 9 heteroatoms. The Morgan fingerprint density at radius 1 is 0.893 bits per heavy atom. The van der Waals surface area contributed by atoms with E-state index in [0.29, 0.717) is 21.9 Å². The van der Waals surface area contributed by atoms with Crippen LogP contribution in [0.4, 0.5) is 28.7 Å². The average Bonchev–Trinajstić information content (AvgIpc) is 2.70. The van der Waals surface area contributed by atoms with Gasteiger partial charge in [-0.1, -0.05) is 29.8 Å². The molecule has 0 bridgehead atoms. The van der Waals surface area contributed by atoms with Crippen LogP contribution in [0.1, 0.15) is 0 Å². The van der Waals surface area contributed by atoms with Crippen molar-refractivity contribution in [1.82, 2.24) is 15.0 Å². The summed E-state index contributed by atoms with van der Waals surface area (Å²) in [6.07, 6.45) is 2.92. The van der Waals surface area contributed by atoms with Crippen LogP contribution in [0.25, 0.3) is 10.9 Å². The SMILES string of the molecule is O=[N+]([O-])c1c(Nc2ccc(Cl)cc2)ncnc1Nc1cccc2cccnc12. The number of pyridine rings is 1. The van der Waals surface area contributed by atoms with E-state index in [0.717, 1.165) is 5.39 Å². The van der Waals surface area contributed by atoms with Gasteiger partial charge < -0.3 is 10.6 Å². The first-order chi connectivity index (χ1) is 13.6. The molecule has 2 heterocycles. The van der Waals surface area contributed by atoms with Crippen LogP contribution >= 0.6 is 11.6 Å². The molecule has 4 rings (SSSR count). The van der Waals surface area contributed by atoms with Crippen LogP contribution in [0, 0.1) is 10.1 Å². The molecule has 0 spiro atoms. The van der Waals surface area contributed by atoms with Crippen LogP contribution < -0.4 is 10.6 Å². The summed E-state index contributed by atoms with van der Waals surface area (Å²) in [5.41, 5.74) is 1.64. The van der Waals surface area contributed by atoms with Crippen molar-refractivity contribution in [3.8, 4) is 0 Å². The molecular formula is C19H13ClN6O2. The normalized spacial score (nSPS) is 10.6. The molecule has 2 aromatic carbocycles. The summed E-state index contributed by atoms with van der Waals surface area (Å²) in [5, 5.41) is 19.2. The topological polar surface area (TPSA) is 106 Å². The van der Waals surface area contributed by atoms with Gasteiger partial charge >= 0.3 is 5.69 Å². The van der Waals surface area contributed by atoms with E-state index < -0.39 is 4.92 Å². The number of benzene rings is 2. The first kappa shape index (κ1) is 17.6. The van der Waals surface area contributed by atoms with Crippen molar-refractivity contribution in [2.75, 3.05) is 10.6 Å². The third-order valence-electron chi connectivity index (χ3n) is 4.00. The quantitative estimate of drug-likeness (QED) is 0.360. The van der Waals surface area contributed by atoms with Gasteiger partial charge in [-0.15, -0.1) is 0 Å². The fraction of sp³-hybridized carbons (Fsp3) is 0. The molecule has 0 aliphatic carbocycles. The summed E-state index contributed by atoms with van der Waals surface area (Å²) < 4.78 is 0. The minimum atomic E-state index is -0.529. The Morgan fingerprint density at radius 3 is 2.36 bits per heavy atom. The number of hydrogen-bond acceptors (Lipinski definition) is 7. The van der Waals surface area contributed by atoms with Crippen molar-refractivity contribution in [1.29, 1.82) is 0 Å². The lowest BCUT2D eigenvalue weighted by atomic mass is 10.2. The van der Waals surface area contributed by atoms with Crippen molar-refractivity contribution in [3.63, 3.8) is 0 Å². The number of halogens is 1. The summed E-state index contributed by atoms with van der Waals surface area (Å²) in [5.74, 6) is 0.132. The zero-order valence-electron chi connectivity index (χ0n) is 14.3. The van der Waals surface area contributed by atoms with Crippen LogP contribution in [-0.2, 0) is 0 Å². The molecule has 0 aliphatic heterocycles. The van der Waals surface area contributed by atoms with Crippen molar-refractivity contribution in [3.05, 3.63) is 82.3 Å². The smallest absolute Gasteiger partial charge is 0.334 e. The number of hydrogen-bond donors (Lipinski definition) is 2. The van der Waals surface area contributed by atoms with Gasteiger partial charge in [0, 0.05) is 22.3 Å². The van der Waals surface area contributed by atoms with Gasteiger partial charge in [0.25, 0.3) is 0 Å². The predicted molar refractivity (Wildman–Crippen MR) is 108 cm³/mol. The van der Waals surface area contributed by atoms with Crippen LogP contribution in [0.2, 0.25) is 5.02 Å². The Morgan fingerprint density at radius 2 is 1.61 bits per heavy atom. The molecule has 138 valence electrons. The Bertz CT molecular complexity index is 1160. The molecule has 8 nitrogen and oxygen atoms in total. The second-order valence-corrected chi connectivity index (χ2v) is 6.25. The molecule has 0 aliphatic rings. The van der Waals surface area contributed by atoms with Crippen LogP contribution in [-0.4, -0.2) is 19.9 Å². The highest BCUT2D eigenvalue weighted by Crippen LogP contribution is 2.34. The highest BCUT2D eigenvalue weighted by Gasteiger charge is 2.24. The van der Waals surface area contributed by atoms with E-state index in [1.807, 2.05) is 24.3 Å². The van der Waals surface area contributed by atoms with Gasteiger partial charge in [0.2, 0.25) is 11.6 Å². The Kier molecular flexibility index (Phi) is 4.69. The number of rotatable bonds is 5. The highest BCUT2D eigenvalue weighted by molar-refractivity contribution is 6.30. The molecule has 2 N–H and O–H groups in total. The maximum Gasteiger partial charge on any atom is 0.353 e. The Balaban J connectivity index is 1.74. The van der Waals surface area contributed by atoms with Gasteiger partial charge in [-0.3, -0.25) is 15.1 Å².